The molecule has 3 heteroatoms. The minimum absolute atomic E-state index is 0.0152. The van der Waals surface area contributed by atoms with Gasteiger partial charge in [-0.1, -0.05) is 25.1 Å². The molecule has 3 aromatic rings. The molecule has 0 fully saturated rings. The summed E-state index contributed by atoms with van der Waals surface area (Å²) in [6, 6.07) is 12.5. The van der Waals surface area contributed by atoms with E-state index < -0.39 is 0 Å². The van der Waals surface area contributed by atoms with Crippen molar-refractivity contribution in [1.29, 1.82) is 0 Å². The van der Waals surface area contributed by atoms with Crippen molar-refractivity contribution in [2.24, 2.45) is 0 Å². The second-order valence-electron chi connectivity index (χ2n) is 4.66. The van der Waals surface area contributed by atoms with Crippen LogP contribution in [0.3, 0.4) is 0 Å². The van der Waals surface area contributed by atoms with Crippen molar-refractivity contribution in [3.8, 4) is 0 Å². The molecule has 0 saturated heterocycles. The number of thiophene rings is 1. The van der Waals surface area contributed by atoms with Gasteiger partial charge >= 0.3 is 0 Å². The molecule has 19 heavy (non-hydrogen) atoms. The molecule has 1 nitrogen and oxygen atoms in total. The fraction of sp³-hybridized carbons (Fsp3) is 0.188. The number of rotatable bonds is 3. The quantitative estimate of drug-likeness (QED) is 0.589. The Kier molecular flexibility index (Phi) is 3.54. The Morgan fingerprint density at radius 2 is 1.84 bits per heavy atom. The highest BCUT2D eigenvalue weighted by molar-refractivity contribution is 7.17. The van der Waals surface area contributed by atoms with Crippen LogP contribution in [-0.2, 0) is 0 Å². The number of benzene rings is 1. The first kappa shape index (κ1) is 12.6. The SMILES string of the molecule is CC(c1ccncc1)C(Cl)c1csc2ccccc12. The van der Waals surface area contributed by atoms with E-state index in [-0.39, 0.29) is 11.3 Å². The van der Waals surface area contributed by atoms with Gasteiger partial charge in [0.05, 0.1) is 5.38 Å². The first-order valence-electron chi connectivity index (χ1n) is 6.27. The molecule has 0 radical (unpaired) electrons. The van der Waals surface area contributed by atoms with Crippen LogP contribution in [0.4, 0.5) is 0 Å². The predicted octanol–water partition coefficient (Wildman–Crippen LogP) is 5.38. The maximum atomic E-state index is 6.70. The second-order valence-corrected chi connectivity index (χ2v) is 6.04. The van der Waals surface area contributed by atoms with E-state index in [2.05, 4.69) is 41.6 Å². The van der Waals surface area contributed by atoms with Gasteiger partial charge in [0.1, 0.15) is 0 Å². The molecule has 2 unspecified atom stereocenters. The van der Waals surface area contributed by atoms with E-state index in [9.17, 15) is 0 Å². The average Bonchev–Trinajstić information content (AvgIpc) is 2.90. The molecule has 2 atom stereocenters. The molecule has 0 aliphatic heterocycles. The number of fused-ring (bicyclic) bond motifs is 1. The van der Waals surface area contributed by atoms with Crippen molar-refractivity contribution < 1.29 is 0 Å². The normalized spacial score (nSPS) is 14.4. The molecular weight excluding hydrogens is 274 g/mol. The maximum Gasteiger partial charge on any atom is 0.0665 e. The molecule has 2 heterocycles. The van der Waals surface area contributed by atoms with Gasteiger partial charge in [-0.25, -0.2) is 0 Å². The van der Waals surface area contributed by atoms with E-state index in [1.165, 1.54) is 21.2 Å². The third-order valence-corrected chi connectivity index (χ3v) is 5.07. The zero-order valence-electron chi connectivity index (χ0n) is 10.6. The molecule has 3 rings (SSSR count). The van der Waals surface area contributed by atoms with Crippen LogP contribution >= 0.6 is 22.9 Å². The van der Waals surface area contributed by atoms with Gasteiger partial charge < -0.3 is 0 Å². The van der Waals surface area contributed by atoms with Crippen LogP contribution in [0.2, 0.25) is 0 Å². The summed E-state index contributed by atoms with van der Waals surface area (Å²) in [4.78, 5) is 4.06. The van der Waals surface area contributed by atoms with Crippen LogP contribution in [0.15, 0.2) is 54.2 Å². The Bertz CT molecular complexity index is 677. The molecule has 0 aliphatic carbocycles. The molecule has 0 spiro atoms. The number of aromatic nitrogens is 1. The fourth-order valence-electron chi connectivity index (χ4n) is 2.32. The summed E-state index contributed by atoms with van der Waals surface area (Å²) in [6.45, 7) is 2.17. The Morgan fingerprint density at radius 3 is 2.63 bits per heavy atom. The van der Waals surface area contributed by atoms with E-state index in [0.717, 1.165) is 0 Å². The lowest BCUT2D eigenvalue weighted by atomic mass is 9.94. The number of halogens is 1. The highest BCUT2D eigenvalue weighted by Crippen LogP contribution is 2.41. The summed E-state index contributed by atoms with van der Waals surface area (Å²) in [5.41, 5.74) is 2.46. The Hall–Kier alpha value is -1.38. The number of hydrogen-bond donors (Lipinski definition) is 0. The van der Waals surface area contributed by atoms with Crippen molar-refractivity contribution in [3.05, 3.63) is 65.3 Å². The zero-order valence-corrected chi connectivity index (χ0v) is 12.2. The zero-order chi connectivity index (χ0) is 13.2. The molecule has 1 aromatic carbocycles. The molecule has 0 amide bonds. The number of nitrogens with zero attached hydrogens (tertiary/aromatic N) is 1. The van der Waals surface area contributed by atoms with Gasteiger partial charge in [-0.05, 0) is 40.1 Å². The maximum absolute atomic E-state index is 6.70. The van der Waals surface area contributed by atoms with Crippen LogP contribution in [0.25, 0.3) is 10.1 Å². The molecule has 0 bridgehead atoms. The van der Waals surface area contributed by atoms with Crippen molar-refractivity contribution in [1.82, 2.24) is 4.98 Å². The summed E-state index contributed by atoms with van der Waals surface area (Å²) in [5.74, 6) is 0.266. The number of pyridine rings is 1. The van der Waals surface area contributed by atoms with Gasteiger partial charge in [-0.15, -0.1) is 22.9 Å². The van der Waals surface area contributed by atoms with E-state index in [1.54, 1.807) is 11.3 Å². The molecule has 0 aliphatic rings. The summed E-state index contributed by atoms with van der Waals surface area (Å²) < 4.78 is 1.30. The molecule has 0 N–H and O–H groups in total. The van der Waals surface area contributed by atoms with Crippen molar-refractivity contribution in [3.63, 3.8) is 0 Å². The second kappa shape index (κ2) is 5.32. The van der Waals surface area contributed by atoms with Gasteiger partial charge in [0.25, 0.3) is 0 Å². The van der Waals surface area contributed by atoms with Gasteiger partial charge in [-0.3, -0.25) is 4.98 Å². The smallest absolute Gasteiger partial charge is 0.0665 e. The number of hydrogen-bond acceptors (Lipinski definition) is 2. The molecule has 0 saturated carbocycles. The largest absolute Gasteiger partial charge is 0.265 e. The Labute approximate surface area is 121 Å². The Balaban J connectivity index is 1.98. The van der Waals surface area contributed by atoms with Crippen molar-refractivity contribution in [2.75, 3.05) is 0 Å². The van der Waals surface area contributed by atoms with E-state index in [4.69, 9.17) is 11.6 Å². The average molecular weight is 288 g/mol. The lowest BCUT2D eigenvalue weighted by Gasteiger charge is -2.18. The Morgan fingerprint density at radius 1 is 1.11 bits per heavy atom. The highest BCUT2D eigenvalue weighted by atomic mass is 35.5. The highest BCUT2D eigenvalue weighted by Gasteiger charge is 2.21. The van der Waals surface area contributed by atoms with Crippen molar-refractivity contribution in [2.45, 2.75) is 18.2 Å². The topological polar surface area (TPSA) is 12.9 Å². The predicted molar refractivity (Wildman–Crippen MR) is 83.1 cm³/mol. The standard InChI is InChI=1S/C16H14ClNS/c1-11(12-6-8-18-9-7-12)16(17)14-10-19-15-5-3-2-4-13(14)15/h2-11,16H,1H3. The summed E-state index contributed by atoms with van der Waals surface area (Å²) in [5, 5.41) is 3.44. The third kappa shape index (κ3) is 2.38. The van der Waals surface area contributed by atoms with Crippen LogP contribution in [0.5, 0.6) is 0 Å². The monoisotopic (exact) mass is 287 g/mol. The molecular formula is C16H14ClNS. The van der Waals surface area contributed by atoms with Crippen LogP contribution < -0.4 is 0 Å². The lowest BCUT2D eigenvalue weighted by Crippen LogP contribution is -2.02. The van der Waals surface area contributed by atoms with Crippen LogP contribution in [-0.4, -0.2) is 4.98 Å². The summed E-state index contributed by atoms with van der Waals surface area (Å²) >= 11 is 8.46. The minimum Gasteiger partial charge on any atom is -0.265 e. The van der Waals surface area contributed by atoms with Gasteiger partial charge in [0.2, 0.25) is 0 Å². The summed E-state index contributed by atoms with van der Waals surface area (Å²) in [7, 11) is 0. The number of alkyl halides is 1. The molecule has 2 aromatic heterocycles. The van der Waals surface area contributed by atoms with E-state index in [1.807, 2.05) is 24.5 Å². The van der Waals surface area contributed by atoms with Crippen molar-refractivity contribution >= 4 is 33.0 Å². The van der Waals surface area contributed by atoms with Gasteiger partial charge in [0, 0.05) is 23.0 Å². The first-order valence-corrected chi connectivity index (χ1v) is 7.59. The molecule has 96 valence electrons. The van der Waals surface area contributed by atoms with Crippen LogP contribution in [0.1, 0.15) is 29.3 Å². The van der Waals surface area contributed by atoms with Gasteiger partial charge in [-0.2, -0.15) is 0 Å². The van der Waals surface area contributed by atoms with Crippen LogP contribution in [0, 0.1) is 0 Å². The van der Waals surface area contributed by atoms with Gasteiger partial charge in [0.15, 0.2) is 0 Å². The third-order valence-electron chi connectivity index (χ3n) is 3.48. The fourth-order valence-corrected chi connectivity index (χ4v) is 3.72. The minimum atomic E-state index is -0.0152. The lowest BCUT2D eigenvalue weighted by molar-refractivity contribution is 0.736. The van der Waals surface area contributed by atoms with E-state index in [0.29, 0.717) is 0 Å². The first-order chi connectivity index (χ1) is 9.27. The van der Waals surface area contributed by atoms with E-state index >= 15 is 0 Å². The summed E-state index contributed by atoms with van der Waals surface area (Å²) in [6.07, 6.45) is 3.64.